The Morgan fingerprint density at radius 3 is 2.03 bits per heavy atom. The van der Waals surface area contributed by atoms with E-state index in [9.17, 15) is 29.1 Å². The minimum atomic E-state index is -1.35. The number of thiol groups is 1. The molecule has 5 atom stereocenters. The van der Waals surface area contributed by atoms with Crippen LogP contribution in [0.2, 0.25) is 0 Å². The average Bonchev–Trinajstić information content (AvgIpc) is 2.79. The normalized spacial score (nSPS) is 15.2. The molecule has 0 aliphatic rings. The summed E-state index contributed by atoms with van der Waals surface area (Å²) in [6, 6.07) is 3.89. The predicted molar refractivity (Wildman–Crippen MR) is 127 cm³/mol. The van der Waals surface area contributed by atoms with Gasteiger partial charge in [-0.05, 0) is 11.5 Å². The van der Waals surface area contributed by atoms with Crippen molar-refractivity contribution in [1.29, 1.82) is 0 Å². The summed E-state index contributed by atoms with van der Waals surface area (Å²) in [5, 5.41) is 25.7. The molecular formula is C22H32N4O7S. The maximum atomic E-state index is 12.9. The minimum absolute atomic E-state index is 0.0438. The fourth-order valence-corrected chi connectivity index (χ4v) is 3.28. The van der Waals surface area contributed by atoms with Crippen molar-refractivity contribution in [2.45, 2.75) is 57.3 Å². The summed E-state index contributed by atoms with van der Waals surface area (Å²) in [6.45, 7) is 3.49. The lowest BCUT2D eigenvalue weighted by Gasteiger charge is -2.27. The maximum Gasteiger partial charge on any atom is 0.326 e. The van der Waals surface area contributed by atoms with E-state index in [0.717, 1.165) is 0 Å². The van der Waals surface area contributed by atoms with E-state index in [1.807, 2.05) is 0 Å². The van der Waals surface area contributed by atoms with Gasteiger partial charge in [-0.2, -0.15) is 12.6 Å². The molecule has 0 heterocycles. The second kappa shape index (κ2) is 14.2. The molecule has 12 heteroatoms. The highest BCUT2D eigenvalue weighted by Crippen LogP contribution is 2.10. The molecule has 11 nitrogen and oxygen atoms in total. The molecule has 7 N–H and O–H groups in total. The van der Waals surface area contributed by atoms with Crippen molar-refractivity contribution in [3.05, 3.63) is 35.9 Å². The van der Waals surface area contributed by atoms with Crippen LogP contribution in [-0.4, -0.2) is 69.8 Å². The molecular weight excluding hydrogens is 464 g/mol. The van der Waals surface area contributed by atoms with E-state index in [0.29, 0.717) is 12.0 Å². The van der Waals surface area contributed by atoms with Gasteiger partial charge in [-0.3, -0.25) is 19.2 Å². The quantitative estimate of drug-likeness (QED) is 0.169. The van der Waals surface area contributed by atoms with Crippen LogP contribution in [0.5, 0.6) is 0 Å². The highest BCUT2D eigenvalue weighted by Gasteiger charge is 2.32. The highest BCUT2D eigenvalue weighted by molar-refractivity contribution is 7.80. The number of carbonyl (C=O) groups excluding carboxylic acids is 3. The van der Waals surface area contributed by atoms with Crippen LogP contribution in [0.15, 0.2) is 30.3 Å². The van der Waals surface area contributed by atoms with Crippen molar-refractivity contribution >= 4 is 42.3 Å². The van der Waals surface area contributed by atoms with Gasteiger partial charge < -0.3 is 31.9 Å². The number of carboxylic acid groups (broad SMARTS) is 2. The number of benzene rings is 1. The van der Waals surface area contributed by atoms with Crippen LogP contribution in [0.4, 0.5) is 0 Å². The first-order valence-corrected chi connectivity index (χ1v) is 11.4. The number of carboxylic acids is 2. The van der Waals surface area contributed by atoms with Crippen LogP contribution in [0.1, 0.15) is 32.3 Å². The molecule has 0 radical (unpaired) electrons. The van der Waals surface area contributed by atoms with Crippen LogP contribution in [0.25, 0.3) is 0 Å². The third-order valence-corrected chi connectivity index (χ3v) is 5.60. The number of nitrogens with one attached hydrogen (secondary N) is 3. The average molecular weight is 497 g/mol. The van der Waals surface area contributed by atoms with Crippen molar-refractivity contribution in [2.24, 2.45) is 11.7 Å². The van der Waals surface area contributed by atoms with Crippen molar-refractivity contribution in [3.8, 4) is 0 Å². The fourth-order valence-electron chi connectivity index (χ4n) is 3.02. The molecule has 1 rings (SSSR count). The number of rotatable bonds is 14. The van der Waals surface area contributed by atoms with Crippen molar-refractivity contribution in [3.63, 3.8) is 0 Å². The van der Waals surface area contributed by atoms with E-state index in [4.69, 9.17) is 10.8 Å². The molecule has 3 amide bonds. The number of amides is 3. The number of nitrogens with two attached hydrogens (primary N) is 1. The Morgan fingerprint density at radius 2 is 1.53 bits per heavy atom. The van der Waals surface area contributed by atoms with Gasteiger partial charge in [-0.25, -0.2) is 4.79 Å². The zero-order valence-corrected chi connectivity index (χ0v) is 20.0. The predicted octanol–water partition coefficient (Wildman–Crippen LogP) is -0.454. The summed E-state index contributed by atoms with van der Waals surface area (Å²) >= 11 is 4.09. The van der Waals surface area contributed by atoms with Crippen LogP contribution >= 0.6 is 12.6 Å². The third kappa shape index (κ3) is 9.40. The van der Waals surface area contributed by atoms with Crippen LogP contribution in [0.3, 0.4) is 0 Å². The van der Waals surface area contributed by atoms with Gasteiger partial charge >= 0.3 is 11.9 Å². The standard InChI is InChI=1S/C22H32N4O7S/c1-3-12(2)18(26-19(29)14(23)10-17(27)28)21(31)25-16(11-34)20(30)24-15(22(32)33)9-13-7-5-4-6-8-13/h4-8,12,14-16,18,34H,3,9-11,23H2,1-2H3,(H,24,30)(H,25,31)(H,26,29)(H,27,28)(H,32,33). The molecule has 5 unspecified atom stereocenters. The van der Waals surface area contributed by atoms with Gasteiger partial charge in [0.25, 0.3) is 0 Å². The molecule has 0 spiro atoms. The zero-order valence-electron chi connectivity index (χ0n) is 19.1. The summed E-state index contributed by atoms with van der Waals surface area (Å²) in [7, 11) is 0. The topological polar surface area (TPSA) is 188 Å². The van der Waals surface area contributed by atoms with Gasteiger partial charge in [0.1, 0.15) is 18.1 Å². The lowest BCUT2D eigenvalue weighted by Crippen LogP contribution is -2.59. The summed E-state index contributed by atoms with van der Waals surface area (Å²) in [5.41, 5.74) is 6.28. The van der Waals surface area contributed by atoms with Crippen LogP contribution in [-0.2, 0) is 30.4 Å². The summed E-state index contributed by atoms with van der Waals surface area (Å²) in [5.74, 6) is -5.26. The molecule has 0 bridgehead atoms. The van der Waals surface area contributed by atoms with E-state index in [1.165, 1.54) is 0 Å². The van der Waals surface area contributed by atoms with Gasteiger partial charge in [0.15, 0.2) is 0 Å². The SMILES string of the molecule is CCC(C)C(NC(=O)C(N)CC(=O)O)C(=O)NC(CS)C(=O)NC(Cc1ccccc1)C(=O)O. The van der Waals surface area contributed by atoms with E-state index in [1.54, 1.807) is 44.2 Å². The highest BCUT2D eigenvalue weighted by atomic mass is 32.1. The molecule has 0 fully saturated rings. The Kier molecular flexibility index (Phi) is 12.1. The smallest absolute Gasteiger partial charge is 0.326 e. The fraction of sp³-hybridized carbons (Fsp3) is 0.500. The Morgan fingerprint density at radius 1 is 0.941 bits per heavy atom. The van der Waals surface area contributed by atoms with E-state index in [-0.39, 0.29) is 18.1 Å². The first kappa shape index (κ1) is 28.9. The molecule has 1 aromatic rings. The molecule has 0 aliphatic carbocycles. The van der Waals surface area contributed by atoms with Crippen LogP contribution < -0.4 is 21.7 Å². The number of hydrogen-bond donors (Lipinski definition) is 7. The zero-order chi connectivity index (χ0) is 25.8. The number of aliphatic carboxylic acids is 2. The van der Waals surface area contributed by atoms with Gasteiger partial charge in [0.05, 0.1) is 12.5 Å². The molecule has 1 aromatic carbocycles. The first-order valence-electron chi connectivity index (χ1n) is 10.8. The van der Waals surface area contributed by atoms with Gasteiger partial charge in [-0.15, -0.1) is 0 Å². The third-order valence-electron chi connectivity index (χ3n) is 5.24. The maximum absolute atomic E-state index is 12.9. The van der Waals surface area contributed by atoms with Crippen molar-refractivity contribution < 1.29 is 34.2 Å². The molecule has 0 saturated heterocycles. The summed E-state index contributed by atoms with van der Waals surface area (Å²) < 4.78 is 0. The molecule has 0 saturated carbocycles. The molecule has 188 valence electrons. The number of carbonyl (C=O) groups is 5. The van der Waals surface area contributed by atoms with Gasteiger partial charge in [-0.1, -0.05) is 50.6 Å². The van der Waals surface area contributed by atoms with E-state index < -0.39 is 60.2 Å². The van der Waals surface area contributed by atoms with Gasteiger partial charge in [0, 0.05) is 12.2 Å². The molecule has 0 aromatic heterocycles. The van der Waals surface area contributed by atoms with E-state index >= 15 is 0 Å². The lowest BCUT2D eigenvalue weighted by atomic mass is 9.97. The summed E-state index contributed by atoms with van der Waals surface area (Å²) in [4.78, 5) is 60.3. The Labute approximate surface area is 203 Å². The van der Waals surface area contributed by atoms with Crippen molar-refractivity contribution in [1.82, 2.24) is 16.0 Å². The summed E-state index contributed by atoms with van der Waals surface area (Å²) in [6.07, 6.45) is -0.0784. The van der Waals surface area contributed by atoms with Gasteiger partial charge in [0.2, 0.25) is 17.7 Å². The van der Waals surface area contributed by atoms with E-state index in [2.05, 4.69) is 28.6 Å². The Hall–Kier alpha value is -3.12. The molecule has 34 heavy (non-hydrogen) atoms. The number of hydrogen-bond acceptors (Lipinski definition) is 7. The second-order valence-electron chi connectivity index (χ2n) is 7.91. The first-order chi connectivity index (χ1) is 16.0. The molecule has 0 aliphatic heterocycles. The minimum Gasteiger partial charge on any atom is -0.481 e. The van der Waals surface area contributed by atoms with Crippen LogP contribution in [0, 0.1) is 5.92 Å². The largest absolute Gasteiger partial charge is 0.481 e. The Bertz CT molecular complexity index is 868. The monoisotopic (exact) mass is 496 g/mol. The lowest BCUT2D eigenvalue weighted by molar-refractivity contribution is -0.142. The van der Waals surface area contributed by atoms with Crippen molar-refractivity contribution in [2.75, 3.05) is 5.75 Å². The Balaban J connectivity index is 2.89. The second-order valence-corrected chi connectivity index (χ2v) is 8.27.